The number of carbonyl (C=O) groups excluding carboxylic acids is 1. The van der Waals surface area contributed by atoms with Gasteiger partial charge in [-0.3, -0.25) is 4.79 Å². The second-order valence-electron chi connectivity index (χ2n) is 4.40. The highest BCUT2D eigenvalue weighted by Gasteiger charge is 2.11. The molecule has 0 atom stereocenters. The summed E-state index contributed by atoms with van der Waals surface area (Å²) in [7, 11) is 0. The second kappa shape index (κ2) is 6.09. The Morgan fingerprint density at radius 3 is 2.48 bits per heavy atom. The van der Waals surface area contributed by atoms with Crippen LogP contribution in [0, 0.1) is 29.6 Å². The lowest BCUT2D eigenvalue weighted by atomic mass is 10.1. The van der Waals surface area contributed by atoms with Gasteiger partial charge in [0.25, 0.3) is 5.91 Å². The largest absolute Gasteiger partial charge is 0.322 e. The first kappa shape index (κ1) is 14.6. The van der Waals surface area contributed by atoms with E-state index in [0.29, 0.717) is 16.3 Å². The molecule has 0 saturated heterocycles. The average molecular weight is 296 g/mol. The van der Waals surface area contributed by atoms with Crippen LogP contribution < -0.4 is 5.32 Å². The number of benzene rings is 2. The lowest BCUT2D eigenvalue weighted by Gasteiger charge is -2.08. The number of hydrogen-bond donors (Lipinski definition) is 1. The van der Waals surface area contributed by atoms with Crippen LogP contribution in [-0.2, 0) is 0 Å². The van der Waals surface area contributed by atoms with Crippen LogP contribution in [-0.4, -0.2) is 5.91 Å². The Kier molecular flexibility index (Phi) is 4.23. The number of halogens is 1. The van der Waals surface area contributed by atoms with Crippen molar-refractivity contribution < 1.29 is 4.79 Å². The van der Waals surface area contributed by atoms with Gasteiger partial charge in [0.1, 0.15) is 12.1 Å². The summed E-state index contributed by atoms with van der Waals surface area (Å²) in [4.78, 5) is 12.2. The van der Waals surface area contributed by atoms with Crippen molar-refractivity contribution >= 4 is 23.2 Å². The number of nitrogens with one attached hydrogen (secondary N) is 1. The molecule has 0 fully saturated rings. The minimum Gasteiger partial charge on any atom is -0.322 e. The molecule has 0 spiro atoms. The molecule has 21 heavy (non-hydrogen) atoms. The zero-order valence-corrected chi connectivity index (χ0v) is 11.9. The first-order valence-electron chi connectivity index (χ1n) is 6.07. The van der Waals surface area contributed by atoms with Crippen molar-refractivity contribution in [2.45, 2.75) is 6.92 Å². The number of hydrogen-bond acceptors (Lipinski definition) is 3. The summed E-state index contributed by atoms with van der Waals surface area (Å²) in [6, 6.07) is 13.5. The van der Waals surface area contributed by atoms with Gasteiger partial charge in [0.15, 0.2) is 0 Å². The van der Waals surface area contributed by atoms with Crippen LogP contribution in [0.4, 0.5) is 5.69 Å². The molecule has 102 valence electrons. The third-order valence-electron chi connectivity index (χ3n) is 2.96. The van der Waals surface area contributed by atoms with Gasteiger partial charge in [0.2, 0.25) is 0 Å². The van der Waals surface area contributed by atoms with E-state index in [1.165, 1.54) is 12.1 Å². The third-order valence-corrected chi connectivity index (χ3v) is 3.20. The van der Waals surface area contributed by atoms with Gasteiger partial charge in [-0.05, 0) is 42.8 Å². The fraction of sp³-hybridized carbons (Fsp3) is 0.0625. The standard InChI is InChI=1S/C16H10ClN3O/c1-10-2-4-13(17)7-15(10)16(21)20-14-5-3-11(8-18)12(6-14)9-19/h2-7H,1H3,(H,20,21). The highest BCUT2D eigenvalue weighted by molar-refractivity contribution is 6.31. The summed E-state index contributed by atoms with van der Waals surface area (Å²) >= 11 is 5.89. The van der Waals surface area contributed by atoms with Crippen molar-refractivity contribution in [3.8, 4) is 12.1 Å². The number of anilines is 1. The van der Waals surface area contributed by atoms with Crippen molar-refractivity contribution in [1.82, 2.24) is 0 Å². The maximum atomic E-state index is 12.2. The van der Waals surface area contributed by atoms with Gasteiger partial charge in [-0.15, -0.1) is 0 Å². The predicted molar refractivity (Wildman–Crippen MR) is 80.0 cm³/mol. The van der Waals surface area contributed by atoms with Crippen LogP contribution in [0.25, 0.3) is 0 Å². The van der Waals surface area contributed by atoms with Gasteiger partial charge in [0, 0.05) is 16.3 Å². The number of aryl methyl sites for hydroxylation is 1. The minimum atomic E-state index is -0.316. The lowest BCUT2D eigenvalue weighted by Crippen LogP contribution is -2.13. The van der Waals surface area contributed by atoms with Gasteiger partial charge >= 0.3 is 0 Å². The molecule has 1 amide bonds. The molecule has 0 bridgehead atoms. The van der Waals surface area contributed by atoms with E-state index in [4.69, 9.17) is 22.1 Å². The van der Waals surface area contributed by atoms with Gasteiger partial charge in [0.05, 0.1) is 11.1 Å². The van der Waals surface area contributed by atoms with Crippen molar-refractivity contribution in [1.29, 1.82) is 10.5 Å². The Balaban J connectivity index is 2.30. The van der Waals surface area contributed by atoms with Crippen LogP contribution in [0.1, 0.15) is 27.0 Å². The molecule has 5 heteroatoms. The van der Waals surface area contributed by atoms with Crippen molar-refractivity contribution in [3.63, 3.8) is 0 Å². The Bertz CT molecular complexity index is 800. The molecule has 0 saturated carbocycles. The number of carbonyl (C=O) groups is 1. The molecule has 2 aromatic rings. The van der Waals surface area contributed by atoms with Crippen LogP contribution in [0.2, 0.25) is 5.02 Å². The molecule has 0 unspecified atom stereocenters. The van der Waals surface area contributed by atoms with Gasteiger partial charge in [-0.25, -0.2) is 0 Å². The smallest absolute Gasteiger partial charge is 0.255 e. The third kappa shape index (κ3) is 3.20. The summed E-state index contributed by atoms with van der Waals surface area (Å²) in [6.07, 6.45) is 0. The Labute approximate surface area is 127 Å². The quantitative estimate of drug-likeness (QED) is 0.918. The zero-order chi connectivity index (χ0) is 15.4. The molecule has 4 nitrogen and oxygen atoms in total. The molecule has 1 N–H and O–H groups in total. The normalized spacial score (nSPS) is 9.52. The van der Waals surface area contributed by atoms with E-state index < -0.39 is 0 Å². The summed E-state index contributed by atoms with van der Waals surface area (Å²) in [6.45, 7) is 1.81. The monoisotopic (exact) mass is 295 g/mol. The summed E-state index contributed by atoms with van der Waals surface area (Å²) < 4.78 is 0. The van der Waals surface area contributed by atoms with E-state index in [1.807, 2.05) is 19.1 Å². The topological polar surface area (TPSA) is 76.7 Å². The maximum absolute atomic E-state index is 12.2. The van der Waals surface area contributed by atoms with Crippen molar-refractivity contribution in [2.24, 2.45) is 0 Å². The van der Waals surface area contributed by atoms with E-state index in [2.05, 4.69) is 5.32 Å². The zero-order valence-electron chi connectivity index (χ0n) is 11.1. The maximum Gasteiger partial charge on any atom is 0.255 e. The average Bonchev–Trinajstić information content (AvgIpc) is 2.49. The Morgan fingerprint density at radius 1 is 1.10 bits per heavy atom. The lowest BCUT2D eigenvalue weighted by molar-refractivity contribution is 0.102. The summed E-state index contributed by atoms with van der Waals surface area (Å²) in [5.41, 5.74) is 2.21. The summed E-state index contributed by atoms with van der Waals surface area (Å²) in [5.74, 6) is -0.316. The van der Waals surface area contributed by atoms with Crippen molar-refractivity contribution in [2.75, 3.05) is 5.32 Å². The fourth-order valence-electron chi connectivity index (χ4n) is 1.85. The minimum absolute atomic E-state index is 0.220. The van der Waals surface area contributed by atoms with E-state index in [-0.39, 0.29) is 17.0 Å². The highest BCUT2D eigenvalue weighted by Crippen LogP contribution is 2.19. The van der Waals surface area contributed by atoms with Gasteiger partial charge in [-0.2, -0.15) is 10.5 Å². The Morgan fingerprint density at radius 2 is 1.81 bits per heavy atom. The van der Waals surface area contributed by atoms with E-state index >= 15 is 0 Å². The highest BCUT2D eigenvalue weighted by atomic mass is 35.5. The molecule has 0 aliphatic carbocycles. The second-order valence-corrected chi connectivity index (χ2v) is 4.83. The molecule has 2 aromatic carbocycles. The molecule has 0 aromatic heterocycles. The molecular formula is C16H10ClN3O. The fourth-order valence-corrected chi connectivity index (χ4v) is 2.02. The first-order chi connectivity index (χ1) is 10.0. The van der Waals surface area contributed by atoms with Crippen LogP contribution >= 0.6 is 11.6 Å². The van der Waals surface area contributed by atoms with Crippen LogP contribution in [0.3, 0.4) is 0 Å². The van der Waals surface area contributed by atoms with Gasteiger partial charge in [-0.1, -0.05) is 17.7 Å². The molecule has 0 heterocycles. The predicted octanol–water partition coefficient (Wildman–Crippen LogP) is 3.64. The SMILES string of the molecule is Cc1ccc(Cl)cc1C(=O)Nc1ccc(C#N)c(C#N)c1. The van der Waals surface area contributed by atoms with Crippen molar-refractivity contribution in [3.05, 3.63) is 63.7 Å². The van der Waals surface area contributed by atoms with E-state index in [0.717, 1.165) is 5.56 Å². The molecular weight excluding hydrogens is 286 g/mol. The Hall–Kier alpha value is -2.82. The molecule has 0 radical (unpaired) electrons. The molecule has 2 rings (SSSR count). The van der Waals surface area contributed by atoms with Crippen LogP contribution in [0.5, 0.6) is 0 Å². The number of amides is 1. The van der Waals surface area contributed by atoms with Gasteiger partial charge < -0.3 is 5.32 Å². The van der Waals surface area contributed by atoms with Crippen LogP contribution in [0.15, 0.2) is 36.4 Å². The van der Waals surface area contributed by atoms with E-state index in [1.54, 1.807) is 24.3 Å². The number of nitrogens with zero attached hydrogens (tertiary/aromatic N) is 2. The first-order valence-corrected chi connectivity index (χ1v) is 6.44. The van der Waals surface area contributed by atoms with E-state index in [9.17, 15) is 4.79 Å². The number of rotatable bonds is 2. The molecule has 0 aliphatic heterocycles. The molecule has 0 aliphatic rings. The summed E-state index contributed by atoms with van der Waals surface area (Å²) in [5, 5.41) is 21.0. The number of nitriles is 2.